The molecule has 15 heavy (non-hydrogen) atoms. The van der Waals surface area contributed by atoms with Crippen molar-refractivity contribution in [3.8, 4) is 0 Å². The summed E-state index contributed by atoms with van der Waals surface area (Å²) in [6.45, 7) is 1.47. The lowest BCUT2D eigenvalue weighted by Crippen LogP contribution is -2.33. The Bertz CT molecular complexity index is 451. The van der Waals surface area contributed by atoms with E-state index in [1.54, 1.807) is 0 Å². The first-order valence-electron chi connectivity index (χ1n) is 3.62. The van der Waals surface area contributed by atoms with Crippen molar-refractivity contribution in [2.75, 3.05) is 0 Å². The summed E-state index contributed by atoms with van der Waals surface area (Å²) in [5.74, 6) is 0. The molecule has 0 aliphatic carbocycles. The fraction of sp³-hybridized carbons (Fsp3) is 0.500. The lowest BCUT2D eigenvalue weighted by atomic mass is 10.4. The largest absolute Gasteiger partial charge is 0.413 e. The molecule has 0 aliphatic heterocycles. The van der Waals surface area contributed by atoms with Crippen LogP contribution in [0.5, 0.6) is 0 Å². The van der Waals surface area contributed by atoms with Gasteiger partial charge in [-0.15, -0.1) is 11.3 Å². The summed E-state index contributed by atoms with van der Waals surface area (Å²) < 4.78 is 58.9. The Morgan fingerprint density at radius 2 is 2.07 bits per heavy atom. The van der Waals surface area contributed by atoms with Crippen molar-refractivity contribution in [2.45, 2.75) is 18.3 Å². The predicted octanol–water partition coefficient (Wildman–Crippen LogP) is 1.34. The van der Waals surface area contributed by atoms with E-state index in [2.05, 4.69) is 10.1 Å². The molecule has 1 atom stereocenters. The fourth-order valence-corrected chi connectivity index (χ4v) is 3.03. The van der Waals surface area contributed by atoms with Gasteiger partial charge in [0.05, 0.1) is 0 Å². The topological polar surface area (TPSA) is 73.1 Å². The predicted molar refractivity (Wildman–Crippen MR) is 48.8 cm³/mol. The van der Waals surface area contributed by atoms with E-state index in [0.29, 0.717) is 17.0 Å². The van der Waals surface area contributed by atoms with Crippen molar-refractivity contribution in [1.29, 1.82) is 0 Å². The van der Waals surface area contributed by atoms with Crippen LogP contribution >= 0.6 is 11.3 Å². The van der Waals surface area contributed by atoms with Gasteiger partial charge in [-0.2, -0.15) is 13.2 Å². The summed E-state index contributed by atoms with van der Waals surface area (Å²) in [6, 6.07) is 0. The van der Waals surface area contributed by atoms with Crippen molar-refractivity contribution in [1.82, 2.24) is 4.98 Å². The number of halogens is 3. The first-order valence-corrected chi connectivity index (χ1v) is 6.11. The zero-order valence-electron chi connectivity index (χ0n) is 7.45. The van der Waals surface area contributed by atoms with Gasteiger partial charge in [-0.1, -0.05) is 0 Å². The first kappa shape index (κ1) is 12.4. The number of alkyl halides is 3. The van der Waals surface area contributed by atoms with Gasteiger partial charge in [0, 0.05) is 11.1 Å². The lowest BCUT2D eigenvalue weighted by Gasteiger charge is -2.15. The van der Waals surface area contributed by atoms with Crippen LogP contribution in [0.15, 0.2) is 5.38 Å². The molecule has 86 valence electrons. The lowest BCUT2D eigenvalue weighted by molar-refractivity contribution is -0.131. The minimum Gasteiger partial charge on any atom is -0.245 e. The highest BCUT2D eigenvalue weighted by molar-refractivity contribution is 7.89. The zero-order valence-corrected chi connectivity index (χ0v) is 9.08. The number of sulfonamides is 1. The highest BCUT2D eigenvalue weighted by Gasteiger charge is 2.50. The molecular formula is C6H7F3N2O2S2. The molecule has 1 heterocycles. The maximum Gasteiger partial charge on any atom is 0.413 e. The second kappa shape index (κ2) is 3.72. The summed E-state index contributed by atoms with van der Waals surface area (Å²) in [5.41, 5.74) is 0.327. The van der Waals surface area contributed by atoms with E-state index in [0.717, 1.165) is 0 Å². The average molecular weight is 260 g/mol. The van der Waals surface area contributed by atoms with Gasteiger partial charge in [-0.25, -0.2) is 18.5 Å². The molecule has 0 bridgehead atoms. The standard InChI is InChI=1S/C6H7F3N2O2S2/c1-3-2-14-5(11-3)4(6(7,8)9)15(10,12)13/h2,4H,1H3,(H2,10,12,13). The number of hydrogen-bond acceptors (Lipinski definition) is 4. The van der Waals surface area contributed by atoms with Crippen LogP contribution in [0.25, 0.3) is 0 Å². The van der Waals surface area contributed by atoms with E-state index < -0.39 is 26.5 Å². The molecule has 0 radical (unpaired) electrons. The van der Waals surface area contributed by atoms with Gasteiger partial charge in [0.25, 0.3) is 0 Å². The van der Waals surface area contributed by atoms with Crippen LogP contribution in [-0.4, -0.2) is 19.6 Å². The summed E-state index contributed by atoms with van der Waals surface area (Å²) in [5, 5.41) is 2.57. The molecule has 1 aromatic rings. The quantitative estimate of drug-likeness (QED) is 0.872. The number of thiazole rings is 1. The molecule has 9 heteroatoms. The van der Waals surface area contributed by atoms with Gasteiger partial charge >= 0.3 is 6.18 Å². The molecular weight excluding hydrogens is 253 g/mol. The maximum atomic E-state index is 12.4. The van der Waals surface area contributed by atoms with Crippen molar-refractivity contribution >= 4 is 21.4 Å². The van der Waals surface area contributed by atoms with Gasteiger partial charge < -0.3 is 0 Å². The van der Waals surface area contributed by atoms with Gasteiger partial charge in [-0.05, 0) is 6.92 Å². The van der Waals surface area contributed by atoms with Crippen LogP contribution < -0.4 is 5.14 Å². The number of nitrogens with zero attached hydrogens (tertiary/aromatic N) is 1. The summed E-state index contributed by atoms with van der Waals surface area (Å²) in [7, 11) is -4.74. The van der Waals surface area contributed by atoms with Crippen LogP contribution in [0.4, 0.5) is 13.2 Å². The van der Waals surface area contributed by atoms with Crippen LogP contribution in [0, 0.1) is 6.92 Å². The van der Waals surface area contributed by atoms with Gasteiger partial charge in [0.1, 0.15) is 5.01 Å². The summed E-state index contributed by atoms with van der Waals surface area (Å²) in [6.07, 6.45) is -4.95. The Morgan fingerprint density at radius 1 is 1.53 bits per heavy atom. The average Bonchev–Trinajstić information content (AvgIpc) is 2.28. The minimum atomic E-state index is -4.95. The van der Waals surface area contributed by atoms with E-state index in [-0.39, 0.29) is 0 Å². The van der Waals surface area contributed by atoms with Crippen LogP contribution in [0.3, 0.4) is 0 Å². The molecule has 1 aromatic heterocycles. The number of rotatable bonds is 2. The number of aryl methyl sites for hydroxylation is 1. The van der Waals surface area contributed by atoms with E-state index in [9.17, 15) is 21.6 Å². The normalized spacial score (nSPS) is 15.3. The van der Waals surface area contributed by atoms with Crippen LogP contribution in [0.2, 0.25) is 0 Å². The Balaban J connectivity index is 3.26. The monoisotopic (exact) mass is 260 g/mol. The number of primary sulfonamides is 1. The molecule has 0 aliphatic rings. The molecule has 1 unspecified atom stereocenters. The Labute approximate surface area is 88.0 Å². The second-order valence-corrected chi connectivity index (χ2v) is 5.38. The number of nitrogens with two attached hydrogens (primary N) is 1. The highest BCUT2D eigenvalue weighted by atomic mass is 32.2. The van der Waals surface area contributed by atoms with Crippen LogP contribution in [-0.2, 0) is 10.0 Å². The van der Waals surface area contributed by atoms with Crippen molar-refractivity contribution in [3.05, 3.63) is 16.1 Å². The summed E-state index contributed by atoms with van der Waals surface area (Å²) in [4.78, 5) is 3.48. The van der Waals surface area contributed by atoms with Gasteiger partial charge in [0.2, 0.25) is 15.3 Å². The van der Waals surface area contributed by atoms with Gasteiger partial charge in [0.15, 0.2) is 0 Å². The maximum absolute atomic E-state index is 12.4. The van der Waals surface area contributed by atoms with E-state index in [1.807, 2.05) is 0 Å². The van der Waals surface area contributed by atoms with Gasteiger partial charge in [-0.3, -0.25) is 0 Å². The third-order valence-corrected chi connectivity index (χ3v) is 3.81. The smallest absolute Gasteiger partial charge is 0.245 e. The molecule has 0 aromatic carbocycles. The third kappa shape index (κ3) is 2.89. The number of aromatic nitrogens is 1. The molecule has 4 nitrogen and oxygen atoms in total. The molecule has 0 saturated heterocycles. The molecule has 0 fully saturated rings. The molecule has 0 amide bonds. The summed E-state index contributed by atoms with van der Waals surface area (Å²) >= 11 is 0.621. The third-order valence-electron chi connectivity index (χ3n) is 1.49. The van der Waals surface area contributed by atoms with Crippen LogP contribution in [0.1, 0.15) is 16.0 Å². The molecule has 0 saturated carbocycles. The SMILES string of the molecule is Cc1csc(C(C(F)(F)F)S(N)(=O)=O)n1. The Morgan fingerprint density at radius 3 is 2.33 bits per heavy atom. The first-order chi connectivity index (χ1) is 6.62. The van der Waals surface area contributed by atoms with Crippen molar-refractivity contribution < 1.29 is 21.6 Å². The van der Waals surface area contributed by atoms with Crippen molar-refractivity contribution in [3.63, 3.8) is 0 Å². The molecule has 1 rings (SSSR count). The highest BCUT2D eigenvalue weighted by Crippen LogP contribution is 2.38. The molecule has 2 N–H and O–H groups in total. The fourth-order valence-electron chi connectivity index (χ4n) is 0.959. The van der Waals surface area contributed by atoms with E-state index in [4.69, 9.17) is 0 Å². The Kier molecular flexibility index (Phi) is 3.08. The zero-order chi connectivity index (χ0) is 11.9. The van der Waals surface area contributed by atoms with Crippen molar-refractivity contribution in [2.24, 2.45) is 5.14 Å². The van der Waals surface area contributed by atoms with E-state index >= 15 is 0 Å². The number of hydrogen-bond donors (Lipinski definition) is 1. The second-order valence-electron chi connectivity index (χ2n) is 2.84. The Hall–Kier alpha value is -0.670. The van der Waals surface area contributed by atoms with E-state index in [1.165, 1.54) is 12.3 Å². The minimum absolute atomic E-state index is 0.327. The molecule has 0 spiro atoms.